The van der Waals surface area contributed by atoms with Crippen LogP contribution in [0.2, 0.25) is 0 Å². The molecule has 1 N–H and O–H groups in total. The van der Waals surface area contributed by atoms with E-state index in [4.69, 9.17) is 9.47 Å². The number of alkyl carbamates (subject to hydrolysis) is 1. The van der Waals surface area contributed by atoms with Gasteiger partial charge in [-0.05, 0) is 51.5 Å². The lowest BCUT2D eigenvalue weighted by molar-refractivity contribution is 0.0529. The van der Waals surface area contributed by atoms with Gasteiger partial charge in [-0.25, -0.2) is 4.79 Å². The molecule has 0 aliphatic carbocycles. The molecule has 1 aromatic carbocycles. The van der Waals surface area contributed by atoms with Crippen LogP contribution in [0.15, 0.2) is 18.2 Å². The van der Waals surface area contributed by atoms with E-state index in [1.165, 1.54) is 0 Å². The summed E-state index contributed by atoms with van der Waals surface area (Å²) in [7, 11) is 1.64. The largest absolute Gasteiger partial charge is 0.497 e. The van der Waals surface area contributed by atoms with Gasteiger partial charge >= 0.3 is 6.09 Å². The molecule has 0 spiro atoms. The van der Waals surface area contributed by atoms with Crippen LogP contribution in [0.3, 0.4) is 0 Å². The van der Waals surface area contributed by atoms with Crippen LogP contribution in [-0.2, 0) is 4.74 Å². The lowest BCUT2D eigenvalue weighted by Crippen LogP contribution is -2.32. The van der Waals surface area contributed by atoms with Crippen LogP contribution in [0.25, 0.3) is 0 Å². The first-order valence-corrected chi connectivity index (χ1v) is 6.92. The van der Waals surface area contributed by atoms with Crippen molar-refractivity contribution in [1.29, 1.82) is 0 Å². The molecule has 0 aliphatic rings. The summed E-state index contributed by atoms with van der Waals surface area (Å²) in [6.07, 6.45) is 0.162. The zero-order valence-corrected chi connectivity index (χ0v) is 13.4. The molecule has 4 nitrogen and oxygen atoms in total. The highest BCUT2D eigenvalue weighted by Crippen LogP contribution is 2.15. The number of aryl methyl sites for hydroxylation is 1. The monoisotopic (exact) mass is 289 g/mol. The Morgan fingerprint density at radius 3 is 2.62 bits per heavy atom. The van der Waals surface area contributed by atoms with E-state index in [2.05, 4.69) is 17.2 Å². The van der Waals surface area contributed by atoms with E-state index >= 15 is 0 Å². The second kappa shape index (κ2) is 7.58. The molecule has 0 aliphatic heterocycles. The Morgan fingerprint density at radius 2 is 2.05 bits per heavy atom. The Hall–Kier alpha value is -2.15. The van der Waals surface area contributed by atoms with Gasteiger partial charge in [-0.2, -0.15) is 0 Å². The molecule has 0 radical (unpaired) electrons. The maximum absolute atomic E-state index is 11.4. The van der Waals surface area contributed by atoms with Crippen LogP contribution in [0.4, 0.5) is 4.79 Å². The van der Waals surface area contributed by atoms with Gasteiger partial charge in [-0.15, -0.1) is 0 Å². The SMILES string of the molecule is COc1ccc(C#CCCNC(=O)OC(C)(C)C)c(C)c1. The van der Waals surface area contributed by atoms with Crippen LogP contribution >= 0.6 is 0 Å². The second-order valence-corrected chi connectivity index (χ2v) is 5.66. The van der Waals surface area contributed by atoms with E-state index in [0.29, 0.717) is 13.0 Å². The van der Waals surface area contributed by atoms with Crippen molar-refractivity contribution in [3.63, 3.8) is 0 Å². The summed E-state index contributed by atoms with van der Waals surface area (Å²) in [6.45, 7) is 7.96. The number of methoxy groups -OCH3 is 1. The van der Waals surface area contributed by atoms with Crippen LogP contribution in [0.1, 0.15) is 38.3 Å². The summed E-state index contributed by atoms with van der Waals surface area (Å²) in [6, 6.07) is 5.77. The quantitative estimate of drug-likeness (QED) is 0.686. The molecular formula is C17H23NO3. The number of nitrogens with one attached hydrogen (secondary N) is 1. The molecule has 4 heteroatoms. The average molecular weight is 289 g/mol. The Bertz CT molecular complexity index is 547. The van der Waals surface area contributed by atoms with Crippen molar-refractivity contribution in [1.82, 2.24) is 5.32 Å². The van der Waals surface area contributed by atoms with Gasteiger partial charge in [0.15, 0.2) is 0 Å². The normalized spacial score (nSPS) is 10.3. The highest BCUT2D eigenvalue weighted by Gasteiger charge is 2.15. The van der Waals surface area contributed by atoms with Gasteiger partial charge in [-0.1, -0.05) is 11.8 Å². The second-order valence-electron chi connectivity index (χ2n) is 5.66. The van der Waals surface area contributed by atoms with Gasteiger partial charge in [0.1, 0.15) is 11.4 Å². The maximum Gasteiger partial charge on any atom is 0.407 e. The van der Waals surface area contributed by atoms with Gasteiger partial charge in [0.25, 0.3) is 0 Å². The van der Waals surface area contributed by atoms with Crippen molar-refractivity contribution < 1.29 is 14.3 Å². The minimum Gasteiger partial charge on any atom is -0.497 e. The van der Waals surface area contributed by atoms with Gasteiger partial charge < -0.3 is 14.8 Å². The third-order valence-corrected chi connectivity index (χ3v) is 2.57. The smallest absolute Gasteiger partial charge is 0.407 e. The molecule has 0 aromatic heterocycles. The lowest BCUT2D eigenvalue weighted by atomic mass is 10.1. The summed E-state index contributed by atoms with van der Waals surface area (Å²) in [4.78, 5) is 11.4. The highest BCUT2D eigenvalue weighted by molar-refractivity contribution is 5.67. The molecule has 1 amide bonds. The molecule has 0 saturated carbocycles. The van der Waals surface area contributed by atoms with Gasteiger partial charge in [0.05, 0.1) is 7.11 Å². The summed E-state index contributed by atoms with van der Waals surface area (Å²) in [5.41, 5.74) is 1.56. The zero-order chi connectivity index (χ0) is 15.9. The molecule has 0 saturated heterocycles. The topological polar surface area (TPSA) is 47.6 Å². The lowest BCUT2D eigenvalue weighted by Gasteiger charge is -2.19. The van der Waals surface area contributed by atoms with Gasteiger partial charge in [0.2, 0.25) is 0 Å². The van der Waals surface area contributed by atoms with Crippen LogP contribution in [0.5, 0.6) is 5.75 Å². The number of hydrogen-bond donors (Lipinski definition) is 1. The van der Waals surface area contributed by atoms with Crippen molar-refractivity contribution in [3.8, 4) is 17.6 Å². The fourth-order valence-corrected chi connectivity index (χ4v) is 1.60. The molecule has 0 heterocycles. The fraction of sp³-hybridized carbons (Fsp3) is 0.471. The van der Waals surface area contributed by atoms with Crippen LogP contribution in [-0.4, -0.2) is 25.3 Å². The van der Waals surface area contributed by atoms with Crippen molar-refractivity contribution in [3.05, 3.63) is 29.3 Å². The molecular weight excluding hydrogens is 266 g/mol. The molecule has 0 fully saturated rings. The van der Waals surface area contributed by atoms with Crippen LogP contribution in [0, 0.1) is 18.8 Å². The summed E-state index contributed by atoms with van der Waals surface area (Å²) in [5.74, 6) is 6.95. The molecule has 0 unspecified atom stereocenters. The van der Waals surface area contributed by atoms with E-state index in [9.17, 15) is 4.79 Å². The predicted molar refractivity (Wildman–Crippen MR) is 83.5 cm³/mol. The molecule has 114 valence electrons. The summed E-state index contributed by atoms with van der Waals surface area (Å²) < 4.78 is 10.3. The average Bonchev–Trinajstić information content (AvgIpc) is 2.37. The minimum absolute atomic E-state index is 0.412. The van der Waals surface area contributed by atoms with E-state index in [1.807, 2.05) is 45.9 Å². The standard InChI is InChI=1S/C17H23NO3/c1-13-12-15(20-5)10-9-14(13)8-6-7-11-18-16(19)21-17(2,3)4/h9-10,12H,7,11H2,1-5H3,(H,18,19). The maximum atomic E-state index is 11.4. The van der Waals surface area contributed by atoms with E-state index in [0.717, 1.165) is 16.9 Å². The molecule has 1 aromatic rings. The Labute approximate surface area is 126 Å². The van der Waals surface area contributed by atoms with Crippen LogP contribution < -0.4 is 10.1 Å². The van der Waals surface area contributed by atoms with Crippen molar-refractivity contribution in [2.24, 2.45) is 0 Å². The summed E-state index contributed by atoms with van der Waals surface area (Å²) in [5, 5.41) is 2.67. The van der Waals surface area contributed by atoms with Gasteiger partial charge in [0, 0.05) is 18.5 Å². The molecule has 0 atom stereocenters. The number of rotatable bonds is 3. The fourth-order valence-electron chi connectivity index (χ4n) is 1.60. The Balaban J connectivity index is 2.42. The first-order valence-electron chi connectivity index (χ1n) is 6.92. The van der Waals surface area contributed by atoms with Crippen molar-refractivity contribution in [2.75, 3.05) is 13.7 Å². The highest BCUT2D eigenvalue weighted by atomic mass is 16.6. The third kappa shape index (κ3) is 6.71. The summed E-state index contributed by atoms with van der Waals surface area (Å²) >= 11 is 0. The molecule has 21 heavy (non-hydrogen) atoms. The Morgan fingerprint density at radius 1 is 1.33 bits per heavy atom. The Kier molecular flexibility index (Phi) is 6.10. The minimum atomic E-state index is -0.476. The van der Waals surface area contributed by atoms with Crippen molar-refractivity contribution >= 4 is 6.09 Å². The number of benzene rings is 1. The number of carbonyl (C=O) groups excluding carboxylic acids is 1. The third-order valence-electron chi connectivity index (χ3n) is 2.57. The number of ether oxygens (including phenoxy) is 2. The molecule has 1 rings (SSSR count). The number of carbonyl (C=O) groups is 1. The first-order chi connectivity index (χ1) is 9.81. The van der Waals surface area contributed by atoms with Crippen molar-refractivity contribution in [2.45, 2.75) is 39.7 Å². The van der Waals surface area contributed by atoms with E-state index < -0.39 is 11.7 Å². The molecule has 0 bridgehead atoms. The van der Waals surface area contributed by atoms with E-state index in [1.54, 1.807) is 7.11 Å². The van der Waals surface area contributed by atoms with Gasteiger partial charge in [-0.3, -0.25) is 0 Å². The predicted octanol–water partition coefficient (Wildman–Crippen LogP) is 3.27. The number of hydrogen-bond acceptors (Lipinski definition) is 3. The zero-order valence-electron chi connectivity index (χ0n) is 13.4. The first kappa shape index (κ1) is 16.9. The van der Waals surface area contributed by atoms with E-state index in [-0.39, 0.29) is 0 Å². The number of amides is 1.